The van der Waals surface area contributed by atoms with Gasteiger partial charge in [-0.3, -0.25) is 14.4 Å². The lowest BCUT2D eigenvalue weighted by Gasteiger charge is -2.33. The number of piperidine rings is 2. The first-order chi connectivity index (χ1) is 17.0. The highest BCUT2D eigenvalue weighted by molar-refractivity contribution is 5.75. The van der Waals surface area contributed by atoms with Gasteiger partial charge in [0.1, 0.15) is 11.2 Å². The van der Waals surface area contributed by atoms with Gasteiger partial charge in [-0.15, -0.1) is 0 Å². The van der Waals surface area contributed by atoms with E-state index in [1.807, 2.05) is 41.5 Å². The van der Waals surface area contributed by atoms with E-state index in [2.05, 4.69) is 0 Å². The van der Waals surface area contributed by atoms with Gasteiger partial charge < -0.3 is 24.4 Å². The SMILES string of the molecule is C.C.CC(C)(C)OC(=O)N1CCC(CC(=O)O)CC1.CON(C)C(=O)CC1CCN(C(=O)OC(C)(C)C)CC1. The minimum atomic E-state index is -0.763. The van der Waals surface area contributed by atoms with E-state index in [1.54, 1.807) is 16.8 Å². The molecular formula is C28H55N3O8. The minimum Gasteiger partial charge on any atom is -0.481 e. The molecule has 230 valence electrons. The van der Waals surface area contributed by atoms with Crippen LogP contribution in [-0.2, 0) is 23.9 Å². The van der Waals surface area contributed by atoms with Crippen molar-refractivity contribution in [1.29, 1.82) is 0 Å². The highest BCUT2D eigenvalue weighted by Crippen LogP contribution is 2.23. The van der Waals surface area contributed by atoms with Gasteiger partial charge in [-0.2, -0.15) is 0 Å². The van der Waals surface area contributed by atoms with E-state index in [9.17, 15) is 19.2 Å². The van der Waals surface area contributed by atoms with Crippen LogP contribution in [0.2, 0.25) is 0 Å². The molecule has 2 heterocycles. The molecule has 39 heavy (non-hydrogen) atoms. The van der Waals surface area contributed by atoms with Crippen LogP contribution < -0.4 is 0 Å². The van der Waals surface area contributed by atoms with Crippen LogP contribution in [0, 0.1) is 11.8 Å². The number of carboxylic acids is 1. The van der Waals surface area contributed by atoms with Crippen LogP contribution in [-0.4, -0.2) is 95.6 Å². The molecule has 2 rings (SSSR count). The van der Waals surface area contributed by atoms with E-state index in [1.165, 1.54) is 12.2 Å². The highest BCUT2D eigenvalue weighted by atomic mass is 16.7. The third-order valence-corrected chi connectivity index (χ3v) is 6.08. The number of carbonyl (C=O) groups is 4. The summed E-state index contributed by atoms with van der Waals surface area (Å²) in [4.78, 5) is 54.2. The predicted octanol–water partition coefficient (Wildman–Crippen LogP) is 5.42. The fourth-order valence-electron chi connectivity index (χ4n) is 4.02. The molecule has 2 aliphatic heterocycles. The molecule has 0 spiro atoms. The van der Waals surface area contributed by atoms with Crippen LogP contribution in [0.5, 0.6) is 0 Å². The number of carboxylic acid groups (broad SMARTS) is 1. The van der Waals surface area contributed by atoms with Gasteiger partial charge in [-0.1, -0.05) is 14.9 Å². The predicted molar refractivity (Wildman–Crippen MR) is 151 cm³/mol. The molecule has 0 aromatic heterocycles. The van der Waals surface area contributed by atoms with E-state index in [0.29, 0.717) is 38.5 Å². The number of likely N-dealkylation sites (tertiary alicyclic amines) is 2. The maximum atomic E-state index is 11.9. The molecular weight excluding hydrogens is 506 g/mol. The highest BCUT2D eigenvalue weighted by Gasteiger charge is 2.29. The average Bonchev–Trinajstić information content (AvgIpc) is 2.77. The Morgan fingerprint density at radius 2 is 1.08 bits per heavy atom. The van der Waals surface area contributed by atoms with Gasteiger partial charge in [0.05, 0.1) is 7.11 Å². The summed E-state index contributed by atoms with van der Waals surface area (Å²) in [6.45, 7) is 13.5. The van der Waals surface area contributed by atoms with Gasteiger partial charge in [0.2, 0.25) is 5.91 Å². The van der Waals surface area contributed by atoms with Crippen molar-refractivity contribution in [3.8, 4) is 0 Å². The Hall–Kier alpha value is -2.56. The molecule has 11 nitrogen and oxygen atoms in total. The van der Waals surface area contributed by atoms with Gasteiger partial charge >= 0.3 is 18.2 Å². The molecule has 0 radical (unpaired) electrons. The maximum Gasteiger partial charge on any atom is 0.410 e. The van der Waals surface area contributed by atoms with Crippen LogP contribution in [0.4, 0.5) is 9.59 Å². The molecule has 0 atom stereocenters. The second-order valence-electron chi connectivity index (χ2n) is 11.7. The summed E-state index contributed by atoms with van der Waals surface area (Å²) < 4.78 is 10.6. The molecule has 0 aromatic carbocycles. The lowest BCUT2D eigenvalue weighted by atomic mass is 9.93. The Morgan fingerprint density at radius 1 is 0.744 bits per heavy atom. The second-order valence-corrected chi connectivity index (χ2v) is 11.7. The maximum absolute atomic E-state index is 11.9. The number of hydrogen-bond donors (Lipinski definition) is 1. The van der Waals surface area contributed by atoms with Crippen molar-refractivity contribution >= 4 is 24.1 Å². The standard InChI is InChI=1S/C14H26N2O4.C12H21NO4.2CH4/c1-14(2,3)20-13(18)16-8-6-11(7-9-16)10-12(17)15(4)19-5;1-12(2,3)17-11(16)13-6-4-9(5-7-13)8-10(14)15;;/h11H,6-10H2,1-5H3;9H,4-8H2,1-3H3,(H,14,15);2*1H4. The molecule has 3 amide bonds. The summed E-state index contributed by atoms with van der Waals surface area (Å²) in [6.07, 6.45) is 3.22. The molecule has 0 bridgehead atoms. The molecule has 0 aromatic rings. The van der Waals surface area contributed by atoms with Crippen LogP contribution >= 0.6 is 0 Å². The zero-order valence-electron chi connectivity index (χ0n) is 23.9. The van der Waals surface area contributed by atoms with Gasteiger partial charge in [0.25, 0.3) is 0 Å². The number of amides is 3. The first kappa shape index (κ1) is 38.6. The van der Waals surface area contributed by atoms with Gasteiger partial charge in [-0.05, 0) is 79.1 Å². The van der Waals surface area contributed by atoms with Crippen LogP contribution in [0.25, 0.3) is 0 Å². The summed E-state index contributed by atoms with van der Waals surface area (Å²) >= 11 is 0. The third kappa shape index (κ3) is 16.2. The molecule has 1 N–H and O–H groups in total. The van der Waals surface area contributed by atoms with Crippen molar-refractivity contribution in [2.24, 2.45) is 11.8 Å². The fourth-order valence-corrected chi connectivity index (χ4v) is 4.02. The molecule has 2 saturated heterocycles. The van der Waals surface area contributed by atoms with Crippen molar-refractivity contribution in [3.63, 3.8) is 0 Å². The summed E-state index contributed by atoms with van der Waals surface area (Å²) in [7, 11) is 3.08. The van der Waals surface area contributed by atoms with E-state index < -0.39 is 17.2 Å². The largest absolute Gasteiger partial charge is 0.481 e. The number of hydrogen-bond acceptors (Lipinski definition) is 7. The normalized spacial score (nSPS) is 16.5. The monoisotopic (exact) mass is 561 g/mol. The summed E-state index contributed by atoms with van der Waals surface area (Å²) in [5, 5.41) is 9.94. The van der Waals surface area contributed by atoms with Crippen molar-refractivity contribution < 1.29 is 38.6 Å². The van der Waals surface area contributed by atoms with Crippen molar-refractivity contribution in [2.75, 3.05) is 40.3 Å². The van der Waals surface area contributed by atoms with Crippen molar-refractivity contribution in [2.45, 2.75) is 106 Å². The van der Waals surface area contributed by atoms with Crippen LogP contribution in [0.15, 0.2) is 0 Å². The van der Waals surface area contributed by atoms with Crippen molar-refractivity contribution in [3.05, 3.63) is 0 Å². The Morgan fingerprint density at radius 3 is 1.36 bits per heavy atom. The number of carbonyl (C=O) groups excluding carboxylic acids is 3. The van der Waals surface area contributed by atoms with Gasteiger partial charge in [0.15, 0.2) is 0 Å². The first-order valence-corrected chi connectivity index (χ1v) is 13.0. The smallest absolute Gasteiger partial charge is 0.410 e. The summed E-state index contributed by atoms with van der Waals surface area (Å²) in [5.74, 6) is -0.297. The average molecular weight is 562 g/mol. The lowest BCUT2D eigenvalue weighted by Crippen LogP contribution is -2.42. The number of hydroxylamine groups is 2. The van der Waals surface area contributed by atoms with Gasteiger partial charge in [-0.25, -0.2) is 14.7 Å². The second kappa shape index (κ2) is 17.2. The Kier molecular flexibility index (Phi) is 17.0. The zero-order valence-corrected chi connectivity index (χ0v) is 23.9. The Balaban J connectivity index is 0. The molecule has 0 aliphatic carbocycles. The number of rotatable bonds is 5. The molecule has 0 saturated carbocycles. The first-order valence-electron chi connectivity index (χ1n) is 13.0. The van der Waals surface area contributed by atoms with E-state index >= 15 is 0 Å². The molecule has 2 fully saturated rings. The Bertz CT molecular complexity index is 760. The molecule has 11 heteroatoms. The van der Waals surface area contributed by atoms with Crippen molar-refractivity contribution in [1.82, 2.24) is 14.9 Å². The van der Waals surface area contributed by atoms with E-state index in [0.717, 1.165) is 25.7 Å². The van der Waals surface area contributed by atoms with E-state index in [4.69, 9.17) is 19.4 Å². The summed E-state index contributed by atoms with van der Waals surface area (Å²) in [6, 6.07) is 0. The topological polar surface area (TPSA) is 126 Å². The fraction of sp³-hybridized carbons (Fsp3) is 0.857. The minimum absolute atomic E-state index is 0. The zero-order chi connectivity index (χ0) is 28.4. The Labute approximate surface area is 236 Å². The van der Waals surface area contributed by atoms with Gasteiger partial charge in [0, 0.05) is 46.1 Å². The quantitative estimate of drug-likeness (QED) is 0.441. The third-order valence-electron chi connectivity index (χ3n) is 6.08. The number of nitrogens with zero attached hydrogens (tertiary/aromatic N) is 3. The number of ether oxygens (including phenoxy) is 2. The number of aliphatic carboxylic acids is 1. The van der Waals surface area contributed by atoms with E-state index in [-0.39, 0.29) is 45.3 Å². The van der Waals surface area contributed by atoms with Crippen LogP contribution in [0.3, 0.4) is 0 Å². The summed E-state index contributed by atoms with van der Waals surface area (Å²) in [5.41, 5.74) is -0.944. The molecule has 2 aliphatic rings. The van der Waals surface area contributed by atoms with Crippen LogP contribution in [0.1, 0.15) is 94.9 Å². The lowest BCUT2D eigenvalue weighted by molar-refractivity contribution is -0.170. The molecule has 0 unspecified atom stereocenters.